The van der Waals surface area contributed by atoms with E-state index in [4.69, 9.17) is 4.74 Å². The second-order valence-corrected chi connectivity index (χ2v) is 4.84. The molecular formula is C10H11N3OS. The van der Waals surface area contributed by atoms with E-state index in [-0.39, 0.29) is 0 Å². The van der Waals surface area contributed by atoms with Crippen molar-refractivity contribution >= 4 is 11.3 Å². The third-order valence-corrected chi connectivity index (χ3v) is 3.48. The molecule has 0 N–H and O–H groups in total. The Labute approximate surface area is 91.5 Å². The smallest absolute Gasteiger partial charge is 0.174 e. The van der Waals surface area contributed by atoms with E-state index < -0.39 is 0 Å². The number of rotatable bonds is 1. The van der Waals surface area contributed by atoms with Gasteiger partial charge < -0.3 is 9.30 Å². The van der Waals surface area contributed by atoms with Gasteiger partial charge in [-0.05, 0) is 19.1 Å². The number of hydrogen-bond donors (Lipinski definition) is 0. The summed E-state index contributed by atoms with van der Waals surface area (Å²) in [7, 11) is 0. The van der Waals surface area contributed by atoms with Crippen molar-refractivity contribution in [3.05, 3.63) is 22.8 Å². The van der Waals surface area contributed by atoms with E-state index >= 15 is 0 Å². The summed E-state index contributed by atoms with van der Waals surface area (Å²) in [5.41, 5.74) is 0. The van der Waals surface area contributed by atoms with Gasteiger partial charge in [-0.1, -0.05) is 0 Å². The van der Waals surface area contributed by atoms with Crippen molar-refractivity contribution in [2.45, 2.75) is 20.1 Å². The number of aryl methyl sites for hydroxylation is 1. The van der Waals surface area contributed by atoms with Crippen LogP contribution >= 0.6 is 11.3 Å². The third-order valence-electron chi connectivity index (χ3n) is 2.48. The van der Waals surface area contributed by atoms with Crippen LogP contribution in [0.4, 0.5) is 0 Å². The van der Waals surface area contributed by atoms with E-state index in [0.717, 1.165) is 24.8 Å². The van der Waals surface area contributed by atoms with Crippen LogP contribution < -0.4 is 0 Å². The quantitative estimate of drug-likeness (QED) is 0.737. The van der Waals surface area contributed by atoms with Gasteiger partial charge in [0, 0.05) is 11.4 Å². The zero-order chi connectivity index (χ0) is 10.3. The maximum atomic E-state index is 5.33. The van der Waals surface area contributed by atoms with E-state index in [1.165, 1.54) is 9.75 Å². The molecule has 0 bridgehead atoms. The minimum Gasteiger partial charge on any atom is -0.372 e. The van der Waals surface area contributed by atoms with Crippen molar-refractivity contribution in [1.82, 2.24) is 14.8 Å². The molecule has 0 aromatic carbocycles. The molecule has 1 aliphatic rings. The fourth-order valence-electron chi connectivity index (χ4n) is 1.73. The van der Waals surface area contributed by atoms with E-state index in [0.29, 0.717) is 6.61 Å². The number of thiophene rings is 1. The average Bonchev–Trinajstić information content (AvgIpc) is 2.83. The molecule has 15 heavy (non-hydrogen) atoms. The molecule has 0 saturated carbocycles. The zero-order valence-corrected chi connectivity index (χ0v) is 9.25. The molecule has 0 unspecified atom stereocenters. The second-order valence-electron chi connectivity index (χ2n) is 3.55. The number of hydrogen-bond acceptors (Lipinski definition) is 4. The first-order chi connectivity index (χ1) is 7.34. The van der Waals surface area contributed by atoms with Crippen LogP contribution in [0.1, 0.15) is 10.7 Å². The van der Waals surface area contributed by atoms with E-state index in [2.05, 4.69) is 33.8 Å². The highest BCUT2D eigenvalue weighted by Gasteiger charge is 2.17. The molecule has 2 aromatic heterocycles. The van der Waals surface area contributed by atoms with Crippen LogP contribution in [0.25, 0.3) is 10.7 Å². The van der Waals surface area contributed by atoms with Crippen molar-refractivity contribution in [3.8, 4) is 10.7 Å². The molecule has 0 spiro atoms. The highest BCUT2D eigenvalue weighted by atomic mass is 32.1. The maximum Gasteiger partial charge on any atom is 0.174 e. The molecule has 78 valence electrons. The van der Waals surface area contributed by atoms with Gasteiger partial charge >= 0.3 is 0 Å². The first-order valence-electron chi connectivity index (χ1n) is 4.91. The SMILES string of the molecule is Cc1ccc(-c2nnc3n2CCOC3)s1. The Bertz CT molecular complexity index is 489. The van der Waals surface area contributed by atoms with Crippen molar-refractivity contribution in [1.29, 1.82) is 0 Å². The van der Waals surface area contributed by atoms with Gasteiger partial charge in [-0.2, -0.15) is 0 Å². The van der Waals surface area contributed by atoms with Crippen molar-refractivity contribution in [2.75, 3.05) is 6.61 Å². The minimum absolute atomic E-state index is 0.581. The summed E-state index contributed by atoms with van der Waals surface area (Å²) in [6.45, 7) is 4.29. The van der Waals surface area contributed by atoms with Gasteiger partial charge in [0.2, 0.25) is 0 Å². The molecule has 0 saturated heterocycles. The average molecular weight is 221 g/mol. The molecule has 0 amide bonds. The molecule has 0 aliphatic carbocycles. The standard InChI is InChI=1S/C10H11N3OS/c1-7-2-3-8(15-7)10-12-11-9-6-14-5-4-13(9)10/h2-3H,4-6H2,1H3. The van der Waals surface area contributed by atoms with Gasteiger partial charge in [-0.15, -0.1) is 21.5 Å². The van der Waals surface area contributed by atoms with Gasteiger partial charge in [-0.3, -0.25) is 0 Å². The molecule has 1 aliphatic heterocycles. The summed E-state index contributed by atoms with van der Waals surface area (Å²) >= 11 is 1.75. The monoisotopic (exact) mass is 221 g/mol. The molecule has 3 rings (SSSR count). The van der Waals surface area contributed by atoms with Gasteiger partial charge in [0.05, 0.1) is 11.5 Å². The van der Waals surface area contributed by atoms with Gasteiger partial charge in [0.15, 0.2) is 11.6 Å². The molecular weight excluding hydrogens is 210 g/mol. The van der Waals surface area contributed by atoms with E-state index in [1.54, 1.807) is 11.3 Å². The first kappa shape index (κ1) is 9.06. The highest BCUT2D eigenvalue weighted by molar-refractivity contribution is 7.15. The van der Waals surface area contributed by atoms with Gasteiger partial charge in [0.25, 0.3) is 0 Å². The summed E-state index contributed by atoms with van der Waals surface area (Å²) in [5.74, 6) is 1.91. The normalized spacial score (nSPS) is 15.3. The minimum atomic E-state index is 0.581. The lowest BCUT2D eigenvalue weighted by Gasteiger charge is -2.14. The number of fused-ring (bicyclic) bond motifs is 1. The van der Waals surface area contributed by atoms with Crippen LogP contribution in [0.5, 0.6) is 0 Å². The lowest BCUT2D eigenvalue weighted by Crippen LogP contribution is -2.17. The zero-order valence-electron chi connectivity index (χ0n) is 8.43. The Balaban J connectivity index is 2.08. The Morgan fingerprint density at radius 1 is 1.40 bits per heavy atom. The number of aromatic nitrogens is 3. The lowest BCUT2D eigenvalue weighted by atomic mass is 10.4. The maximum absolute atomic E-state index is 5.33. The number of nitrogens with zero attached hydrogens (tertiary/aromatic N) is 3. The number of ether oxygens (including phenoxy) is 1. The molecule has 0 fully saturated rings. The van der Waals surface area contributed by atoms with Crippen molar-refractivity contribution < 1.29 is 4.74 Å². The van der Waals surface area contributed by atoms with Crippen molar-refractivity contribution in [3.63, 3.8) is 0 Å². The van der Waals surface area contributed by atoms with Crippen LogP contribution in [-0.4, -0.2) is 21.4 Å². The second kappa shape index (κ2) is 3.43. The van der Waals surface area contributed by atoms with Crippen LogP contribution in [0.2, 0.25) is 0 Å². The van der Waals surface area contributed by atoms with Crippen LogP contribution in [0.3, 0.4) is 0 Å². The largest absolute Gasteiger partial charge is 0.372 e. The summed E-state index contributed by atoms with van der Waals surface area (Å²) in [4.78, 5) is 2.49. The Kier molecular flexibility index (Phi) is 2.07. The molecule has 3 heterocycles. The Morgan fingerprint density at radius 2 is 2.33 bits per heavy atom. The highest BCUT2D eigenvalue weighted by Crippen LogP contribution is 2.27. The fourth-order valence-corrected chi connectivity index (χ4v) is 2.59. The predicted molar refractivity (Wildman–Crippen MR) is 57.7 cm³/mol. The van der Waals surface area contributed by atoms with Crippen LogP contribution in [0.15, 0.2) is 12.1 Å². The topological polar surface area (TPSA) is 39.9 Å². The third kappa shape index (κ3) is 1.48. The van der Waals surface area contributed by atoms with Crippen molar-refractivity contribution in [2.24, 2.45) is 0 Å². The molecule has 5 heteroatoms. The van der Waals surface area contributed by atoms with E-state index in [9.17, 15) is 0 Å². The fraction of sp³-hybridized carbons (Fsp3) is 0.400. The summed E-state index contributed by atoms with van der Waals surface area (Å²) < 4.78 is 7.48. The van der Waals surface area contributed by atoms with E-state index in [1.807, 2.05) is 0 Å². The van der Waals surface area contributed by atoms with Crippen LogP contribution in [0, 0.1) is 6.92 Å². The molecule has 0 radical (unpaired) electrons. The van der Waals surface area contributed by atoms with Gasteiger partial charge in [0.1, 0.15) is 6.61 Å². The Morgan fingerprint density at radius 3 is 3.13 bits per heavy atom. The first-order valence-corrected chi connectivity index (χ1v) is 5.73. The van der Waals surface area contributed by atoms with Gasteiger partial charge in [-0.25, -0.2) is 0 Å². The molecule has 0 atom stereocenters. The summed E-state index contributed by atoms with van der Waals surface area (Å²) in [6, 6.07) is 4.22. The van der Waals surface area contributed by atoms with Crippen LogP contribution in [-0.2, 0) is 17.9 Å². The molecule has 2 aromatic rings. The predicted octanol–water partition coefficient (Wildman–Crippen LogP) is 1.85. The molecule has 4 nitrogen and oxygen atoms in total. The lowest BCUT2D eigenvalue weighted by molar-refractivity contribution is 0.0821. The Hall–Kier alpha value is -1.20. The summed E-state index contributed by atoms with van der Waals surface area (Å²) in [6.07, 6.45) is 0. The summed E-state index contributed by atoms with van der Waals surface area (Å²) in [5, 5.41) is 8.36.